The first kappa shape index (κ1) is 17.5. The lowest BCUT2D eigenvalue weighted by atomic mass is 9.96. The summed E-state index contributed by atoms with van der Waals surface area (Å²) in [7, 11) is 5.94. The molecule has 2 N–H and O–H groups in total. The van der Waals surface area contributed by atoms with Crippen LogP contribution in [0.3, 0.4) is 0 Å². The highest BCUT2D eigenvalue weighted by molar-refractivity contribution is 6.31. The van der Waals surface area contributed by atoms with Crippen LogP contribution in [0.25, 0.3) is 0 Å². The van der Waals surface area contributed by atoms with E-state index in [4.69, 9.17) is 16.3 Å². The summed E-state index contributed by atoms with van der Waals surface area (Å²) >= 11 is 6.38. The summed E-state index contributed by atoms with van der Waals surface area (Å²) in [6.07, 6.45) is 4.20. The minimum atomic E-state index is 0.175. The molecule has 2 fully saturated rings. The number of nitrogens with one attached hydrogen (secondary N) is 2. The van der Waals surface area contributed by atoms with Gasteiger partial charge in [0, 0.05) is 18.6 Å². The zero-order valence-electron chi connectivity index (χ0n) is 14.6. The molecule has 6 heteroatoms. The van der Waals surface area contributed by atoms with Gasteiger partial charge in [-0.25, -0.2) is 0 Å². The van der Waals surface area contributed by atoms with E-state index in [9.17, 15) is 0 Å². The molecule has 3 rings (SSSR count). The number of hydrogen-bond donors (Lipinski definition) is 2. The third-order valence-electron chi connectivity index (χ3n) is 5.00. The van der Waals surface area contributed by atoms with Gasteiger partial charge in [-0.1, -0.05) is 29.8 Å². The van der Waals surface area contributed by atoms with Gasteiger partial charge in [-0.2, -0.15) is 0 Å². The van der Waals surface area contributed by atoms with Crippen LogP contribution in [-0.2, 0) is 4.74 Å². The fourth-order valence-corrected chi connectivity index (χ4v) is 3.93. The van der Waals surface area contributed by atoms with Gasteiger partial charge in [0.2, 0.25) is 0 Å². The molecule has 0 spiro atoms. The predicted octanol–water partition coefficient (Wildman–Crippen LogP) is 2.43. The third kappa shape index (κ3) is 3.85. The van der Waals surface area contributed by atoms with Crippen LogP contribution < -0.4 is 10.6 Å². The Labute approximate surface area is 149 Å². The zero-order chi connectivity index (χ0) is 17.1. The maximum Gasteiger partial charge on any atom is 0.191 e. The monoisotopic (exact) mass is 350 g/mol. The summed E-state index contributed by atoms with van der Waals surface area (Å²) in [6, 6.07) is 8.54. The number of fused-ring (bicyclic) bond motifs is 2. The summed E-state index contributed by atoms with van der Waals surface area (Å²) in [4.78, 5) is 6.54. The predicted molar refractivity (Wildman–Crippen MR) is 98.7 cm³/mol. The zero-order valence-corrected chi connectivity index (χ0v) is 15.4. The van der Waals surface area contributed by atoms with E-state index in [-0.39, 0.29) is 6.04 Å². The molecule has 2 aliphatic rings. The molecular weight excluding hydrogens is 324 g/mol. The first-order valence-corrected chi connectivity index (χ1v) is 8.99. The molecule has 2 aliphatic heterocycles. The van der Waals surface area contributed by atoms with Crippen LogP contribution in [0.1, 0.15) is 30.9 Å². The Morgan fingerprint density at radius 1 is 1.38 bits per heavy atom. The Hall–Kier alpha value is -1.30. The van der Waals surface area contributed by atoms with E-state index in [0.29, 0.717) is 18.2 Å². The molecule has 2 bridgehead atoms. The minimum Gasteiger partial charge on any atom is -0.373 e. The number of halogens is 1. The van der Waals surface area contributed by atoms with Crippen LogP contribution in [0.4, 0.5) is 0 Å². The van der Waals surface area contributed by atoms with E-state index in [1.54, 1.807) is 0 Å². The van der Waals surface area contributed by atoms with Crippen molar-refractivity contribution in [3.05, 3.63) is 34.9 Å². The number of rotatable bonds is 5. The Morgan fingerprint density at radius 3 is 2.75 bits per heavy atom. The first-order chi connectivity index (χ1) is 11.6. The van der Waals surface area contributed by atoms with Gasteiger partial charge in [0.15, 0.2) is 5.96 Å². The largest absolute Gasteiger partial charge is 0.373 e. The van der Waals surface area contributed by atoms with Crippen LogP contribution >= 0.6 is 11.6 Å². The van der Waals surface area contributed by atoms with Crippen molar-refractivity contribution >= 4 is 17.6 Å². The number of hydrogen-bond acceptors (Lipinski definition) is 3. The maximum atomic E-state index is 6.38. The van der Waals surface area contributed by atoms with Crippen LogP contribution in [0.2, 0.25) is 5.02 Å². The number of guanidine groups is 1. The highest BCUT2D eigenvalue weighted by Crippen LogP contribution is 2.34. The minimum absolute atomic E-state index is 0.175. The van der Waals surface area contributed by atoms with Gasteiger partial charge in [0.25, 0.3) is 0 Å². The molecule has 1 aromatic rings. The second kappa shape index (κ2) is 7.72. The molecule has 4 unspecified atom stereocenters. The van der Waals surface area contributed by atoms with Gasteiger partial charge in [-0.15, -0.1) is 0 Å². The first-order valence-electron chi connectivity index (χ1n) is 8.62. The summed E-state index contributed by atoms with van der Waals surface area (Å²) in [5.41, 5.74) is 1.12. The fourth-order valence-electron chi connectivity index (χ4n) is 3.67. The summed E-state index contributed by atoms with van der Waals surface area (Å²) < 4.78 is 5.91. The number of benzene rings is 1. The van der Waals surface area contributed by atoms with Crippen LogP contribution in [-0.4, -0.2) is 56.8 Å². The second-order valence-corrected chi connectivity index (χ2v) is 7.22. The lowest BCUT2D eigenvalue weighted by Gasteiger charge is -2.28. The molecule has 1 aromatic carbocycles. The van der Waals surface area contributed by atoms with Crippen LogP contribution in [0.15, 0.2) is 29.3 Å². The number of aliphatic imine (C=N–C) groups is 1. The molecular formula is C18H27ClN4O. The Morgan fingerprint density at radius 2 is 2.17 bits per heavy atom. The number of ether oxygens (including phenoxy) is 1. The van der Waals surface area contributed by atoms with Crippen molar-refractivity contribution in [2.24, 2.45) is 4.99 Å². The van der Waals surface area contributed by atoms with Crippen molar-refractivity contribution in [1.82, 2.24) is 15.5 Å². The normalized spacial score (nSPS) is 27.5. The van der Waals surface area contributed by atoms with E-state index in [0.717, 1.165) is 35.9 Å². The Balaban J connectivity index is 1.60. The third-order valence-corrected chi connectivity index (χ3v) is 5.35. The van der Waals surface area contributed by atoms with Crippen molar-refractivity contribution in [3.63, 3.8) is 0 Å². The van der Waals surface area contributed by atoms with Crippen molar-refractivity contribution in [2.45, 2.75) is 43.6 Å². The molecule has 132 valence electrons. The lowest BCUT2D eigenvalue weighted by molar-refractivity contribution is 0.0992. The van der Waals surface area contributed by atoms with Crippen LogP contribution in [0, 0.1) is 0 Å². The standard InChI is InChI=1S/C18H27ClN4O/c1-20-18(22-15-10-12-8-9-17(15)24-12)21-11-16(23(2)3)13-6-4-5-7-14(13)19/h4-7,12,15-17H,8-11H2,1-3H3,(H2,20,21,22). The van der Waals surface area contributed by atoms with Crippen molar-refractivity contribution in [3.8, 4) is 0 Å². The van der Waals surface area contributed by atoms with Crippen molar-refractivity contribution < 1.29 is 4.74 Å². The molecule has 0 aromatic heterocycles. The topological polar surface area (TPSA) is 48.9 Å². The van der Waals surface area contributed by atoms with Crippen molar-refractivity contribution in [2.75, 3.05) is 27.7 Å². The van der Waals surface area contributed by atoms with E-state index >= 15 is 0 Å². The van der Waals surface area contributed by atoms with Gasteiger partial charge in [-0.05, 0) is 45.0 Å². The molecule has 5 nitrogen and oxygen atoms in total. The molecule has 0 saturated carbocycles. The number of nitrogens with zero attached hydrogens (tertiary/aromatic N) is 2. The van der Waals surface area contributed by atoms with Gasteiger partial charge >= 0.3 is 0 Å². The fraction of sp³-hybridized carbons (Fsp3) is 0.611. The SMILES string of the molecule is CN=C(NCC(c1ccccc1Cl)N(C)C)NC1CC2CCC1O2. The van der Waals surface area contributed by atoms with Gasteiger partial charge in [0.05, 0.1) is 24.3 Å². The summed E-state index contributed by atoms with van der Waals surface area (Å²) in [5.74, 6) is 0.829. The quantitative estimate of drug-likeness (QED) is 0.632. The average molecular weight is 351 g/mol. The highest BCUT2D eigenvalue weighted by atomic mass is 35.5. The summed E-state index contributed by atoms with van der Waals surface area (Å²) in [6.45, 7) is 0.734. The van der Waals surface area contributed by atoms with Gasteiger partial charge < -0.3 is 20.3 Å². The van der Waals surface area contributed by atoms with Gasteiger partial charge in [0.1, 0.15) is 0 Å². The molecule has 0 radical (unpaired) electrons. The lowest BCUT2D eigenvalue weighted by Crippen LogP contribution is -2.49. The molecule has 24 heavy (non-hydrogen) atoms. The van der Waals surface area contributed by atoms with E-state index in [1.807, 2.05) is 25.2 Å². The average Bonchev–Trinajstić information content (AvgIpc) is 3.18. The van der Waals surface area contributed by atoms with Crippen molar-refractivity contribution in [1.29, 1.82) is 0 Å². The smallest absolute Gasteiger partial charge is 0.191 e. The van der Waals surface area contributed by atoms with E-state index < -0.39 is 0 Å². The molecule has 2 heterocycles. The molecule has 4 atom stereocenters. The molecule has 0 amide bonds. The maximum absolute atomic E-state index is 6.38. The number of likely N-dealkylation sites (N-methyl/N-ethyl adjacent to an activating group) is 1. The van der Waals surface area contributed by atoms with E-state index in [2.05, 4.69) is 40.7 Å². The highest BCUT2D eigenvalue weighted by Gasteiger charge is 2.41. The van der Waals surface area contributed by atoms with E-state index in [1.165, 1.54) is 6.42 Å². The summed E-state index contributed by atoms with van der Waals surface area (Å²) in [5, 5.41) is 7.76. The van der Waals surface area contributed by atoms with Crippen LogP contribution in [0.5, 0.6) is 0 Å². The Kier molecular flexibility index (Phi) is 5.64. The molecule has 0 aliphatic carbocycles. The molecule has 2 saturated heterocycles. The second-order valence-electron chi connectivity index (χ2n) is 6.81. The Bertz CT molecular complexity index is 592. The van der Waals surface area contributed by atoms with Gasteiger partial charge in [-0.3, -0.25) is 4.99 Å².